The van der Waals surface area contributed by atoms with Crippen molar-refractivity contribution in [1.82, 2.24) is 10.2 Å². The number of hydrogen-bond donors (Lipinski definition) is 1. The Morgan fingerprint density at radius 2 is 2.12 bits per heavy atom. The lowest BCUT2D eigenvalue weighted by Gasteiger charge is -2.63. The van der Waals surface area contributed by atoms with Crippen molar-refractivity contribution in [2.45, 2.75) is 50.7 Å². The number of halogens is 1. The molecule has 5 nitrogen and oxygen atoms in total. The predicted octanol–water partition coefficient (Wildman–Crippen LogP) is 2.50. The highest BCUT2D eigenvalue weighted by Crippen LogP contribution is 2.62. The van der Waals surface area contributed by atoms with Gasteiger partial charge in [-0.15, -0.1) is 24.0 Å². The van der Waals surface area contributed by atoms with Crippen molar-refractivity contribution >= 4 is 29.9 Å². The molecule has 0 bridgehead atoms. The monoisotopic (exact) mass is 449 g/mol. The van der Waals surface area contributed by atoms with Crippen LogP contribution in [0.1, 0.15) is 38.5 Å². The third-order valence-electron chi connectivity index (χ3n) is 6.52. The van der Waals surface area contributed by atoms with Crippen LogP contribution in [0, 0.1) is 17.3 Å². The second kappa shape index (κ2) is 7.66. The summed E-state index contributed by atoms with van der Waals surface area (Å²) in [5, 5.41) is 3.77. The minimum absolute atomic E-state index is 0. The molecule has 4 aliphatic rings. The molecule has 1 spiro atoms. The summed E-state index contributed by atoms with van der Waals surface area (Å²) in [6.45, 7) is 3.57. The number of guanidine groups is 1. The van der Waals surface area contributed by atoms with Crippen molar-refractivity contribution in [2.24, 2.45) is 22.2 Å². The fraction of sp³-hybridized carbons (Fsp3) is 0.944. The zero-order valence-corrected chi connectivity index (χ0v) is 17.3. The van der Waals surface area contributed by atoms with E-state index in [-0.39, 0.29) is 24.0 Å². The quantitative estimate of drug-likeness (QED) is 0.293. The molecule has 1 saturated heterocycles. The zero-order valence-electron chi connectivity index (χ0n) is 15.0. The van der Waals surface area contributed by atoms with Crippen LogP contribution in [0.2, 0.25) is 0 Å². The van der Waals surface area contributed by atoms with Crippen LogP contribution in [-0.2, 0) is 9.47 Å². The van der Waals surface area contributed by atoms with Crippen LogP contribution >= 0.6 is 24.0 Å². The first kappa shape index (κ1) is 18.7. The number of ether oxygens (including phenoxy) is 2. The molecule has 24 heavy (non-hydrogen) atoms. The number of aliphatic imine (C=N–C) groups is 1. The Labute approximate surface area is 162 Å². The largest absolute Gasteiger partial charge is 0.379 e. The van der Waals surface area contributed by atoms with E-state index in [1.54, 1.807) is 0 Å². The number of nitrogens with zero attached hydrogens (tertiary/aromatic N) is 2. The Balaban J connectivity index is 0.00000169. The lowest BCUT2D eigenvalue weighted by atomic mass is 9.46. The highest BCUT2D eigenvalue weighted by Gasteiger charge is 2.66. The first-order chi connectivity index (χ1) is 11.2. The summed E-state index contributed by atoms with van der Waals surface area (Å²) >= 11 is 0. The molecule has 4 rings (SSSR count). The summed E-state index contributed by atoms with van der Waals surface area (Å²) in [5.41, 5.74) is 0.403. The minimum Gasteiger partial charge on any atom is -0.379 e. The Morgan fingerprint density at radius 1 is 1.33 bits per heavy atom. The van der Waals surface area contributed by atoms with Crippen LogP contribution in [0.25, 0.3) is 0 Å². The highest BCUT2D eigenvalue weighted by molar-refractivity contribution is 14.0. The van der Waals surface area contributed by atoms with Gasteiger partial charge in [0.2, 0.25) is 0 Å². The maximum Gasteiger partial charge on any atom is 0.193 e. The Morgan fingerprint density at radius 3 is 2.75 bits per heavy atom. The van der Waals surface area contributed by atoms with E-state index in [0.29, 0.717) is 23.5 Å². The van der Waals surface area contributed by atoms with Crippen LogP contribution in [0.4, 0.5) is 0 Å². The third kappa shape index (κ3) is 3.30. The molecule has 6 heteroatoms. The molecule has 3 aliphatic carbocycles. The smallest absolute Gasteiger partial charge is 0.193 e. The summed E-state index contributed by atoms with van der Waals surface area (Å²) in [4.78, 5) is 6.72. The number of rotatable bonds is 6. The highest BCUT2D eigenvalue weighted by atomic mass is 127. The Hall–Kier alpha value is -0.0800. The van der Waals surface area contributed by atoms with Crippen LogP contribution in [-0.4, -0.2) is 63.5 Å². The second-order valence-electron chi connectivity index (χ2n) is 7.94. The molecule has 3 atom stereocenters. The molecule has 0 aromatic carbocycles. The van der Waals surface area contributed by atoms with Gasteiger partial charge < -0.3 is 19.7 Å². The van der Waals surface area contributed by atoms with Crippen molar-refractivity contribution < 1.29 is 9.47 Å². The summed E-state index contributed by atoms with van der Waals surface area (Å²) in [5.74, 6) is 2.54. The Kier molecular flexibility index (Phi) is 5.97. The number of hydrogen-bond acceptors (Lipinski definition) is 3. The zero-order chi connectivity index (χ0) is 15.9. The van der Waals surface area contributed by atoms with Crippen molar-refractivity contribution in [1.29, 1.82) is 0 Å². The van der Waals surface area contributed by atoms with Gasteiger partial charge in [0.05, 0.1) is 12.7 Å². The average Bonchev–Trinajstić information content (AvgIpc) is 3.23. The molecular weight excluding hydrogens is 417 g/mol. The predicted molar refractivity (Wildman–Crippen MR) is 106 cm³/mol. The maximum atomic E-state index is 6.01. The van der Waals surface area contributed by atoms with Crippen molar-refractivity contribution in [3.63, 3.8) is 0 Å². The fourth-order valence-electron chi connectivity index (χ4n) is 4.78. The molecule has 0 aromatic rings. The molecule has 0 amide bonds. The summed E-state index contributed by atoms with van der Waals surface area (Å²) in [6.07, 6.45) is 8.41. The van der Waals surface area contributed by atoms with Crippen LogP contribution in [0.15, 0.2) is 4.99 Å². The van der Waals surface area contributed by atoms with Crippen molar-refractivity contribution in [3.05, 3.63) is 0 Å². The molecule has 3 saturated carbocycles. The van der Waals surface area contributed by atoms with Gasteiger partial charge in [-0.25, -0.2) is 0 Å². The number of fused-ring (bicyclic) bond motifs is 2. The molecule has 1 aliphatic heterocycles. The van der Waals surface area contributed by atoms with E-state index in [1.807, 2.05) is 7.05 Å². The van der Waals surface area contributed by atoms with Gasteiger partial charge in [-0.2, -0.15) is 0 Å². The summed E-state index contributed by atoms with van der Waals surface area (Å²) < 4.78 is 11.8. The van der Waals surface area contributed by atoms with E-state index in [1.165, 1.54) is 38.5 Å². The van der Waals surface area contributed by atoms with Gasteiger partial charge in [-0.05, 0) is 38.0 Å². The van der Waals surface area contributed by atoms with Crippen LogP contribution in [0.3, 0.4) is 0 Å². The fourth-order valence-corrected chi connectivity index (χ4v) is 4.78. The average molecular weight is 449 g/mol. The lowest BCUT2D eigenvalue weighted by Crippen LogP contribution is -2.72. The molecule has 0 radical (unpaired) electrons. The maximum absolute atomic E-state index is 6.01. The van der Waals surface area contributed by atoms with Gasteiger partial charge in [-0.3, -0.25) is 4.99 Å². The minimum atomic E-state index is 0. The van der Waals surface area contributed by atoms with Gasteiger partial charge in [-0.1, -0.05) is 6.42 Å². The van der Waals surface area contributed by atoms with Crippen LogP contribution < -0.4 is 5.32 Å². The first-order valence-corrected chi connectivity index (χ1v) is 9.38. The third-order valence-corrected chi connectivity index (χ3v) is 6.52. The normalized spacial score (nSPS) is 33.2. The molecule has 138 valence electrons. The summed E-state index contributed by atoms with van der Waals surface area (Å²) in [7, 11) is 4.00. The first-order valence-electron chi connectivity index (χ1n) is 9.38. The molecule has 1 N–H and O–H groups in total. The van der Waals surface area contributed by atoms with Gasteiger partial charge in [0.25, 0.3) is 0 Å². The molecule has 0 aromatic heterocycles. The Bertz CT molecular complexity index is 465. The second-order valence-corrected chi connectivity index (χ2v) is 7.94. The topological polar surface area (TPSA) is 46.1 Å². The molecule has 3 unspecified atom stereocenters. The molecule has 4 fully saturated rings. The molecule has 1 heterocycles. The van der Waals surface area contributed by atoms with Crippen molar-refractivity contribution in [2.75, 3.05) is 40.5 Å². The van der Waals surface area contributed by atoms with Crippen molar-refractivity contribution in [3.8, 4) is 0 Å². The number of nitrogens with one attached hydrogen (secondary N) is 1. The van der Waals surface area contributed by atoms with Gasteiger partial charge in [0.15, 0.2) is 5.96 Å². The van der Waals surface area contributed by atoms with Crippen LogP contribution in [0.5, 0.6) is 0 Å². The standard InChI is InChI=1S/C18H31N3O2.HI/c1-19-17(21(2)9-11-22-12-13-4-5-13)20-15-14-6-10-23-16(14)18(15)7-3-8-18;/h13-16H,3-12H2,1-2H3,(H,19,20);1H. The van der Waals surface area contributed by atoms with E-state index in [9.17, 15) is 0 Å². The van der Waals surface area contributed by atoms with E-state index in [0.717, 1.165) is 38.2 Å². The van der Waals surface area contributed by atoms with Gasteiger partial charge in [0.1, 0.15) is 0 Å². The van der Waals surface area contributed by atoms with Gasteiger partial charge in [0, 0.05) is 51.2 Å². The number of likely N-dealkylation sites (N-methyl/N-ethyl adjacent to an activating group) is 1. The van der Waals surface area contributed by atoms with E-state index in [2.05, 4.69) is 22.3 Å². The lowest BCUT2D eigenvalue weighted by molar-refractivity contribution is -0.171. The van der Waals surface area contributed by atoms with E-state index < -0.39 is 0 Å². The van der Waals surface area contributed by atoms with E-state index >= 15 is 0 Å². The SMILES string of the molecule is CN=C(NC1C2CCOC2C12CCC2)N(C)CCOCC1CC1.I. The molecular formula is C18H32IN3O2. The summed E-state index contributed by atoms with van der Waals surface area (Å²) in [6, 6.07) is 0.553. The van der Waals surface area contributed by atoms with Gasteiger partial charge >= 0.3 is 0 Å². The van der Waals surface area contributed by atoms with E-state index in [4.69, 9.17) is 9.47 Å².